The summed E-state index contributed by atoms with van der Waals surface area (Å²) >= 11 is 0. The predicted molar refractivity (Wildman–Crippen MR) is 138 cm³/mol. The maximum Gasteiger partial charge on any atom is 0.157 e. The molecule has 0 atom stereocenters. The van der Waals surface area contributed by atoms with Gasteiger partial charge in [-0.3, -0.25) is 0 Å². The Kier molecular flexibility index (Phi) is 28.8. The van der Waals surface area contributed by atoms with E-state index in [2.05, 4.69) is 27.7 Å². The molecule has 1 nitrogen and oxygen atoms in total. The van der Waals surface area contributed by atoms with Gasteiger partial charge in [0.25, 0.3) is 0 Å². The standard InChI is InChI=1S/C27H58OP.BrH/c1-5-9-13-14-15-16-17-18-19-20-21-22-23-28-27-29(24-10-6-2,25-11-7-3)26-12-8-4;/h5-27H2,1-4H3;1H/q+1;/p-1. The van der Waals surface area contributed by atoms with E-state index in [1.54, 1.807) is 0 Å². The summed E-state index contributed by atoms with van der Waals surface area (Å²) in [4.78, 5) is 0. The van der Waals surface area contributed by atoms with Crippen molar-refractivity contribution in [3.05, 3.63) is 0 Å². The van der Waals surface area contributed by atoms with E-state index in [9.17, 15) is 0 Å². The maximum absolute atomic E-state index is 6.33. The highest BCUT2D eigenvalue weighted by atomic mass is 79.9. The van der Waals surface area contributed by atoms with Crippen molar-refractivity contribution < 1.29 is 21.7 Å². The summed E-state index contributed by atoms with van der Waals surface area (Å²) in [6.07, 6.45) is 31.0. The minimum Gasteiger partial charge on any atom is -1.00 e. The highest BCUT2D eigenvalue weighted by Gasteiger charge is 2.35. The van der Waals surface area contributed by atoms with Gasteiger partial charge in [-0.2, -0.15) is 0 Å². The third kappa shape index (κ3) is 20.8. The third-order valence-electron chi connectivity index (χ3n) is 6.47. The molecule has 0 aromatic rings. The lowest BCUT2D eigenvalue weighted by Gasteiger charge is -2.27. The van der Waals surface area contributed by atoms with Gasteiger partial charge in [0.1, 0.15) is 0 Å². The maximum atomic E-state index is 6.33. The summed E-state index contributed by atoms with van der Waals surface area (Å²) in [5, 5.41) is 0. The number of unbranched alkanes of at least 4 members (excludes halogenated alkanes) is 14. The van der Waals surface area contributed by atoms with Crippen LogP contribution >= 0.6 is 7.26 Å². The zero-order chi connectivity index (χ0) is 21.5. The largest absolute Gasteiger partial charge is 1.00 e. The van der Waals surface area contributed by atoms with Gasteiger partial charge in [0, 0.05) is 7.26 Å². The lowest BCUT2D eigenvalue weighted by atomic mass is 10.1. The van der Waals surface area contributed by atoms with Crippen LogP contribution in [0.4, 0.5) is 0 Å². The molecule has 0 N–H and O–H groups in total. The van der Waals surface area contributed by atoms with Crippen LogP contribution in [0.5, 0.6) is 0 Å². The predicted octanol–water partition coefficient (Wildman–Crippen LogP) is 7.08. The first-order valence-electron chi connectivity index (χ1n) is 13.7. The Balaban J connectivity index is 0. The van der Waals surface area contributed by atoms with Crippen LogP contribution in [0.3, 0.4) is 0 Å². The number of ether oxygens (including phenoxy) is 1. The molecule has 0 aliphatic carbocycles. The summed E-state index contributed by atoms with van der Waals surface area (Å²) in [6, 6.07) is 0. The molecule has 0 saturated heterocycles. The Morgan fingerprint density at radius 3 is 1.13 bits per heavy atom. The zero-order valence-corrected chi connectivity index (χ0v) is 24.0. The van der Waals surface area contributed by atoms with Crippen molar-refractivity contribution in [2.24, 2.45) is 0 Å². The van der Waals surface area contributed by atoms with Crippen LogP contribution < -0.4 is 17.0 Å². The van der Waals surface area contributed by atoms with Gasteiger partial charge in [0.15, 0.2) is 6.35 Å². The van der Waals surface area contributed by atoms with Crippen molar-refractivity contribution in [2.75, 3.05) is 31.4 Å². The number of halogens is 1. The van der Waals surface area contributed by atoms with Crippen LogP contribution in [0.25, 0.3) is 0 Å². The molecule has 0 aromatic carbocycles. The molecule has 0 radical (unpaired) electrons. The van der Waals surface area contributed by atoms with Gasteiger partial charge in [-0.25, -0.2) is 0 Å². The molecule has 0 aliphatic heterocycles. The van der Waals surface area contributed by atoms with Gasteiger partial charge in [0.05, 0.1) is 25.1 Å². The van der Waals surface area contributed by atoms with E-state index in [1.807, 2.05) is 0 Å². The van der Waals surface area contributed by atoms with Crippen LogP contribution in [0.15, 0.2) is 0 Å². The Morgan fingerprint density at radius 1 is 0.433 bits per heavy atom. The van der Waals surface area contributed by atoms with E-state index in [1.165, 1.54) is 134 Å². The Bertz CT molecular complexity index is 289. The lowest BCUT2D eigenvalue weighted by Crippen LogP contribution is -3.00. The fourth-order valence-corrected chi connectivity index (χ4v) is 8.85. The second-order valence-corrected chi connectivity index (χ2v) is 13.8. The molecule has 0 rings (SSSR count). The molecular weight excluding hydrogens is 451 g/mol. The minimum absolute atomic E-state index is 0. The topological polar surface area (TPSA) is 9.23 Å². The van der Waals surface area contributed by atoms with Crippen molar-refractivity contribution in [2.45, 2.75) is 143 Å². The number of hydrogen-bond donors (Lipinski definition) is 0. The summed E-state index contributed by atoms with van der Waals surface area (Å²) in [7, 11) is -0.852. The molecule has 0 amide bonds. The molecule has 0 aliphatic rings. The van der Waals surface area contributed by atoms with Crippen molar-refractivity contribution in [3.8, 4) is 0 Å². The van der Waals surface area contributed by atoms with Crippen molar-refractivity contribution >= 4 is 7.26 Å². The second kappa shape index (κ2) is 26.1. The van der Waals surface area contributed by atoms with Crippen LogP contribution in [0.2, 0.25) is 0 Å². The first-order valence-corrected chi connectivity index (χ1v) is 16.2. The summed E-state index contributed by atoms with van der Waals surface area (Å²) in [5.74, 6) is 0. The summed E-state index contributed by atoms with van der Waals surface area (Å²) in [6.45, 7) is 10.4. The molecule has 3 heteroatoms. The van der Waals surface area contributed by atoms with E-state index in [4.69, 9.17) is 4.74 Å². The SMILES string of the molecule is CCCCCCCCCCCCCCOC[P+](CCCC)(CCCC)CCCC.[Br-]. The van der Waals surface area contributed by atoms with Gasteiger partial charge < -0.3 is 21.7 Å². The fourth-order valence-electron chi connectivity index (χ4n) is 4.31. The van der Waals surface area contributed by atoms with E-state index >= 15 is 0 Å². The van der Waals surface area contributed by atoms with Crippen molar-refractivity contribution in [1.82, 2.24) is 0 Å². The highest BCUT2D eigenvalue weighted by Crippen LogP contribution is 2.60. The second-order valence-electron chi connectivity index (χ2n) is 9.50. The van der Waals surface area contributed by atoms with Gasteiger partial charge in [-0.1, -0.05) is 118 Å². The smallest absolute Gasteiger partial charge is 0.157 e. The first kappa shape index (κ1) is 33.0. The summed E-state index contributed by atoms with van der Waals surface area (Å²) in [5.41, 5.74) is 0. The molecule has 0 bridgehead atoms. The highest BCUT2D eigenvalue weighted by molar-refractivity contribution is 7.75. The fraction of sp³-hybridized carbons (Fsp3) is 1.00. The van der Waals surface area contributed by atoms with Gasteiger partial charge in [0.2, 0.25) is 0 Å². The Morgan fingerprint density at radius 2 is 0.767 bits per heavy atom. The summed E-state index contributed by atoms with van der Waals surface area (Å²) < 4.78 is 6.33. The lowest BCUT2D eigenvalue weighted by molar-refractivity contribution is -0.00000700. The van der Waals surface area contributed by atoms with E-state index in [-0.39, 0.29) is 17.0 Å². The normalized spacial score (nSPS) is 11.6. The van der Waals surface area contributed by atoms with Gasteiger partial charge >= 0.3 is 0 Å². The molecule has 184 valence electrons. The molecule has 0 unspecified atom stereocenters. The van der Waals surface area contributed by atoms with Crippen LogP contribution in [-0.4, -0.2) is 31.4 Å². The quantitative estimate of drug-likeness (QED) is 0.0998. The minimum atomic E-state index is -0.852. The van der Waals surface area contributed by atoms with E-state index in [0.29, 0.717) is 0 Å². The molecule has 0 fully saturated rings. The third-order valence-corrected chi connectivity index (χ3v) is 11.0. The first-order chi connectivity index (χ1) is 14.2. The molecule has 0 heterocycles. The zero-order valence-electron chi connectivity index (χ0n) is 21.5. The molecular formula is C27H58BrOP. The average Bonchev–Trinajstić information content (AvgIpc) is 2.74. The number of hydrogen-bond acceptors (Lipinski definition) is 1. The molecule has 0 spiro atoms. The Labute approximate surface area is 203 Å². The molecule has 30 heavy (non-hydrogen) atoms. The van der Waals surface area contributed by atoms with Gasteiger partial charge in [-0.05, 0) is 25.7 Å². The van der Waals surface area contributed by atoms with Crippen LogP contribution in [-0.2, 0) is 4.74 Å². The molecule has 0 saturated carbocycles. The van der Waals surface area contributed by atoms with E-state index < -0.39 is 7.26 Å². The van der Waals surface area contributed by atoms with E-state index in [0.717, 1.165) is 13.0 Å². The van der Waals surface area contributed by atoms with Crippen molar-refractivity contribution in [3.63, 3.8) is 0 Å². The van der Waals surface area contributed by atoms with Gasteiger partial charge in [-0.15, -0.1) is 0 Å². The Hall–Kier alpha value is 0.870. The number of rotatable bonds is 24. The monoisotopic (exact) mass is 508 g/mol. The van der Waals surface area contributed by atoms with Crippen LogP contribution in [0, 0.1) is 0 Å². The van der Waals surface area contributed by atoms with Crippen molar-refractivity contribution in [1.29, 1.82) is 0 Å². The average molecular weight is 510 g/mol. The van der Waals surface area contributed by atoms with Crippen LogP contribution in [0.1, 0.15) is 143 Å². The molecule has 0 aromatic heterocycles.